The third-order valence-electron chi connectivity index (χ3n) is 4.88. The first-order chi connectivity index (χ1) is 15.0. The van der Waals surface area contributed by atoms with Crippen molar-refractivity contribution in [2.24, 2.45) is 5.92 Å². The summed E-state index contributed by atoms with van der Waals surface area (Å²) in [6.45, 7) is 6.34. The summed E-state index contributed by atoms with van der Waals surface area (Å²) in [6, 6.07) is 7.76. The lowest BCUT2D eigenvalue weighted by Crippen LogP contribution is -2.49. The number of aromatic nitrogens is 2. The Morgan fingerprint density at radius 1 is 1.10 bits per heavy atom. The average Bonchev–Trinajstić information content (AvgIpc) is 2.78. The van der Waals surface area contributed by atoms with Crippen molar-refractivity contribution in [3.8, 4) is 11.5 Å². The van der Waals surface area contributed by atoms with Gasteiger partial charge >= 0.3 is 0 Å². The van der Waals surface area contributed by atoms with Crippen LogP contribution >= 0.6 is 12.2 Å². The molecule has 0 saturated heterocycles. The normalized spacial score (nSPS) is 11.8. The first kappa shape index (κ1) is 24.8. The number of nitrogens with zero attached hydrogens (tertiary/aromatic N) is 3. The number of ether oxygens (including phenoxy) is 3. The number of benzene rings is 1. The van der Waals surface area contributed by atoms with Gasteiger partial charge in [0, 0.05) is 32.6 Å². The molecule has 0 aliphatic carbocycles. The molecule has 0 fully saturated rings. The van der Waals surface area contributed by atoms with Gasteiger partial charge in [-0.25, -0.2) is 9.97 Å². The molecule has 0 saturated carbocycles. The van der Waals surface area contributed by atoms with Gasteiger partial charge < -0.3 is 24.4 Å². The van der Waals surface area contributed by atoms with Crippen molar-refractivity contribution in [2.75, 3.05) is 45.9 Å². The van der Waals surface area contributed by atoms with Gasteiger partial charge in [-0.15, -0.1) is 0 Å². The van der Waals surface area contributed by atoms with Crippen LogP contribution in [-0.4, -0.2) is 62.0 Å². The van der Waals surface area contributed by atoms with E-state index in [1.54, 1.807) is 33.7 Å². The second kappa shape index (κ2) is 13.1. The number of thiocarbonyl (C=S) groups is 1. The summed E-state index contributed by atoms with van der Waals surface area (Å²) >= 11 is 5.83. The van der Waals surface area contributed by atoms with Gasteiger partial charge in [0.2, 0.25) is 5.95 Å². The number of nitrogens with one attached hydrogen (secondary N) is 1. The zero-order valence-electron chi connectivity index (χ0n) is 19.1. The molecule has 170 valence electrons. The highest BCUT2D eigenvalue weighted by Gasteiger charge is 2.25. The maximum absolute atomic E-state index is 5.83. The van der Waals surface area contributed by atoms with Crippen LogP contribution in [0.25, 0.3) is 0 Å². The largest absolute Gasteiger partial charge is 0.493 e. The van der Waals surface area contributed by atoms with Crippen molar-refractivity contribution in [3.63, 3.8) is 0 Å². The van der Waals surface area contributed by atoms with Crippen molar-refractivity contribution in [1.29, 1.82) is 0 Å². The number of anilines is 1. The quantitative estimate of drug-likeness (QED) is 0.469. The van der Waals surface area contributed by atoms with E-state index in [-0.39, 0.29) is 6.04 Å². The molecular weight excluding hydrogens is 412 g/mol. The molecule has 1 unspecified atom stereocenters. The smallest absolute Gasteiger partial charge is 0.225 e. The molecule has 7 nitrogen and oxygen atoms in total. The summed E-state index contributed by atoms with van der Waals surface area (Å²) in [4.78, 5) is 11.8. The highest BCUT2D eigenvalue weighted by molar-refractivity contribution is 7.80. The average molecular weight is 447 g/mol. The zero-order chi connectivity index (χ0) is 22.6. The maximum Gasteiger partial charge on any atom is 0.225 e. The molecular formula is C23H34N4O3S. The van der Waals surface area contributed by atoms with E-state index in [2.05, 4.69) is 34.0 Å². The Kier molecular flexibility index (Phi) is 10.5. The fraction of sp³-hybridized carbons (Fsp3) is 0.522. The third-order valence-corrected chi connectivity index (χ3v) is 5.30. The van der Waals surface area contributed by atoms with Crippen molar-refractivity contribution in [3.05, 3.63) is 42.2 Å². The lowest BCUT2D eigenvalue weighted by molar-refractivity contribution is 0.203. The van der Waals surface area contributed by atoms with Crippen LogP contribution in [0.1, 0.15) is 25.8 Å². The highest BCUT2D eigenvalue weighted by atomic mass is 32.1. The van der Waals surface area contributed by atoms with Gasteiger partial charge in [0.05, 0.1) is 31.9 Å². The molecule has 31 heavy (non-hydrogen) atoms. The van der Waals surface area contributed by atoms with Gasteiger partial charge in [-0.05, 0) is 42.5 Å². The lowest BCUT2D eigenvalue weighted by atomic mass is 10.0. The molecule has 8 heteroatoms. The van der Waals surface area contributed by atoms with Crippen LogP contribution in [0.2, 0.25) is 0 Å². The minimum atomic E-state index is -0.0158. The van der Waals surface area contributed by atoms with Crippen LogP contribution < -0.4 is 19.7 Å². The van der Waals surface area contributed by atoms with Crippen LogP contribution in [0.3, 0.4) is 0 Å². The van der Waals surface area contributed by atoms with E-state index in [9.17, 15) is 0 Å². The number of hydrogen-bond donors (Lipinski definition) is 1. The second-order valence-corrected chi connectivity index (χ2v) is 8.05. The predicted molar refractivity (Wildman–Crippen MR) is 128 cm³/mol. The first-order valence-corrected chi connectivity index (χ1v) is 10.9. The van der Waals surface area contributed by atoms with Crippen LogP contribution in [-0.2, 0) is 11.2 Å². The summed E-state index contributed by atoms with van der Waals surface area (Å²) in [6.07, 6.45) is 5.21. The maximum atomic E-state index is 5.83. The molecule has 1 heterocycles. The summed E-state index contributed by atoms with van der Waals surface area (Å²) < 4.78 is 16.0. The summed E-state index contributed by atoms with van der Waals surface area (Å²) in [5.74, 6) is 2.58. The Hall–Kier alpha value is -2.45. The molecule has 0 amide bonds. The first-order valence-electron chi connectivity index (χ1n) is 10.5. The Bertz CT molecular complexity index is 805. The molecule has 0 aliphatic heterocycles. The topological polar surface area (TPSA) is 68.7 Å². The Morgan fingerprint density at radius 3 is 2.42 bits per heavy atom. The number of methoxy groups -OCH3 is 3. The van der Waals surface area contributed by atoms with Gasteiger partial charge in [0.15, 0.2) is 11.5 Å². The molecule has 2 aromatic rings. The van der Waals surface area contributed by atoms with E-state index in [0.29, 0.717) is 25.0 Å². The molecule has 0 bridgehead atoms. The Labute approximate surface area is 191 Å². The molecule has 1 atom stereocenters. The van der Waals surface area contributed by atoms with Crippen molar-refractivity contribution in [2.45, 2.75) is 32.7 Å². The van der Waals surface area contributed by atoms with Crippen molar-refractivity contribution >= 4 is 23.2 Å². The van der Waals surface area contributed by atoms with Crippen molar-refractivity contribution < 1.29 is 14.2 Å². The molecule has 1 aromatic heterocycles. The molecule has 2 rings (SSSR count). The minimum Gasteiger partial charge on any atom is -0.493 e. The van der Waals surface area contributed by atoms with Crippen LogP contribution in [0.15, 0.2) is 36.7 Å². The van der Waals surface area contributed by atoms with E-state index in [1.165, 1.54) is 0 Å². The third kappa shape index (κ3) is 7.63. The van der Waals surface area contributed by atoms with E-state index in [4.69, 9.17) is 26.4 Å². The van der Waals surface area contributed by atoms with Gasteiger partial charge in [-0.2, -0.15) is 0 Å². The van der Waals surface area contributed by atoms with Gasteiger partial charge in [0.25, 0.3) is 0 Å². The van der Waals surface area contributed by atoms with E-state index < -0.39 is 0 Å². The Morgan fingerprint density at radius 2 is 1.81 bits per heavy atom. The zero-order valence-corrected chi connectivity index (χ0v) is 19.9. The second-order valence-electron chi connectivity index (χ2n) is 7.61. The molecule has 0 aliphatic rings. The van der Waals surface area contributed by atoms with E-state index >= 15 is 0 Å². The van der Waals surface area contributed by atoms with E-state index in [1.807, 2.05) is 24.3 Å². The summed E-state index contributed by atoms with van der Waals surface area (Å²) in [5, 5.41) is 3.45. The minimum absolute atomic E-state index is 0.0158. The van der Waals surface area contributed by atoms with Crippen molar-refractivity contribution in [1.82, 2.24) is 15.3 Å². The predicted octanol–water partition coefficient (Wildman–Crippen LogP) is 3.52. The van der Waals surface area contributed by atoms with Gasteiger partial charge in [-0.1, -0.05) is 32.1 Å². The summed E-state index contributed by atoms with van der Waals surface area (Å²) in [7, 11) is 4.98. The highest BCUT2D eigenvalue weighted by Crippen LogP contribution is 2.27. The van der Waals surface area contributed by atoms with Crippen LogP contribution in [0, 0.1) is 5.92 Å². The molecule has 1 aromatic carbocycles. The fourth-order valence-corrected chi connectivity index (χ4v) is 3.66. The fourth-order valence-electron chi connectivity index (χ4n) is 3.33. The van der Waals surface area contributed by atoms with Gasteiger partial charge in [0.1, 0.15) is 0 Å². The monoisotopic (exact) mass is 446 g/mol. The molecule has 0 spiro atoms. The lowest BCUT2D eigenvalue weighted by Gasteiger charge is -2.33. The van der Waals surface area contributed by atoms with Crippen LogP contribution in [0.4, 0.5) is 5.95 Å². The van der Waals surface area contributed by atoms with Crippen LogP contribution in [0.5, 0.6) is 11.5 Å². The van der Waals surface area contributed by atoms with E-state index in [0.717, 1.165) is 41.4 Å². The SMILES string of the molecule is COCCN(c1ncccn1)C(CC(C)C)C(=S)NCCc1ccc(OC)c(OC)c1. The summed E-state index contributed by atoms with van der Waals surface area (Å²) in [5.41, 5.74) is 1.15. The van der Waals surface area contributed by atoms with Gasteiger partial charge in [-0.3, -0.25) is 0 Å². The Balaban J connectivity index is 2.09. The molecule has 1 N–H and O–H groups in total. The standard InChI is InChI=1S/C23H34N4O3S/c1-17(2)15-19(27(13-14-28-3)23-25-10-6-11-26-23)22(31)24-12-9-18-7-8-20(29-4)21(16-18)30-5/h6-8,10-11,16-17,19H,9,12-15H2,1-5H3,(H,24,31). The number of rotatable bonds is 13. The molecule has 0 radical (unpaired) electrons. The number of hydrogen-bond acceptors (Lipinski definition) is 7.